The standard InChI is InChI=1S/C16H12OS/c17-16-14-9-5-4-8-13(14)11-18-15(16)10-12-6-2-1-3-7-12/h1-10H,11H2/b15-10-. The van der Waals surface area contributed by atoms with Gasteiger partial charge in [-0.25, -0.2) is 0 Å². The fourth-order valence-corrected chi connectivity index (χ4v) is 3.05. The fourth-order valence-electron chi connectivity index (χ4n) is 2.03. The number of ketones is 1. The van der Waals surface area contributed by atoms with Gasteiger partial charge in [-0.2, -0.15) is 0 Å². The molecular weight excluding hydrogens is 240 g/mol. The summed E-state index contributed by atoms with van der Waals surface area (Å²) in [7, 11) is 0. The van der Waals surface area contributed by atoms with Crippen molar-refractivity contribution >= 4 is 23.6 Å². The third-order valence-corrected chi connectivity index (χ3v) is 4.04. The Hall–Kier alpha value is -1.80. The Morgan fingerprint density at radius 1 is 0.944 bits per heavy atom. The lowest BCUT2D eigenvalue weighted by Crippen LogP contribution is -2.09. The minimum atomic E-state index is 0.144. The summed E-state index contributed by atoms with van der Waals surface area (Å²) in [5.41, 5.74) is 3.06. The molecule has 0 saturated carbocycles. The van der Waals surface area contributed by atoms with Crippen LogP contribution in [0, 0.1) is 0 Å². The van der Waals surface area contributed by atoms with E-state index >= 15 is 0 Å². The van der Waals surface area contributed by atoms with Gasteiger partial charge in [-0.15, -0.1) is 11.8 Å². The first kappa shape index (κ1) is 11.3. The molecule has 0 amide bonds. The van der Waals surface area contributed by atoms with Crippen LogP contribution < -0.4 is 0 Å². The molecule has 2 heteroatoms. The Kier molecular flexibility index (Phi) is 3.03. The normalized spacial score (nSPS) is 16.7. The summed E-state index contributed by atoms with van der Waals surface area (Å²) in [4.78, 5) is 13.2. The third kappa shape index (κ3) is 2.12. The number of carbonyl (C=O) groups excluding carboxylic acids is 1. The summed E-state index contributed by atoms with van der Waals surface area (Å²) in [5.74, 6) is 1.02. The fraction of sp³-hybridized carbons (Fsp3) is 0.0625. The van der Waals surface area contributed by atoms with Crippen molar-refractivity contribution in [2.24, 2.45) is 0 Å². The second kappa shape index (κ2) is 4.83. The van der Waals surface area contributed by atoms with Crippen LogP contribution in [0.25, 0.3) is 6.08 Å². The Balaban J connectivity index is 1.98. The van der Waals surface area contributed by atoms with Gasteiger partial charge in [0.05, 0.1) is 4.91 Å². The first-order valence-corrected chi connectivity index (χ1v) is 6.85. The lowest BCUT2D eigenvalue weighted by atomic mass is 10.0. The van der Waals surface area contributed by atoms with Gasteiger partial charge in [0, 0.05) is 11.3 Å². The number of hydrogen-bond donors (Lipinski definition) is 0. The largest absolute Gasteiger partial charge is 0.288 e. The van der Waals surface area contributed by atoms with E-state index in [2.05, 4.69) is 0 Å². The number of allylic oxidation sites excluding steroid dienone is 1. The summed E-state index contributed by atoms with van der Waals surface area (Å²) in [6.07, 6.45) is 1.98. The Morgan fingerprint density at radius 3 is 2.50 bits per heavy atom. The molecule has 1 aliphatic rings. The summed E-state index contributed by atoms with van der Waals surface area (Å²) in [6.45, 7) is 0. The Labute approximate surface area is 111 Å². The van der Waals surface area contributed by atoms with Gasteiger partial charge in [0.1, 0.15) is 0 Å². The second-order valence-corrected chi connectivity index (χ2v) is 5.21. The lowest BCUT2D eigenvalue weighted by Gasteiger charge is -2.16. The number of carbonyl (C=O) groups is 1. The average molecular weight is 252 g/mol. The zero-order valence-corrected chi connectivity index (χ0v) is 10.6. The number of hydrogen-bond acceptors (Lipinski definition) is 2. The van der Waals surface area contributed by atoms with Crippen LogP contribution in [0.2, 0.25) is 0 Å². The van der Waals surface area contributed by atoms with Crippen molar-refractivity contribution < 1.29 is 4.79 Å². The van der Waals surface area contributed by atoms with Crippen molar-refractivity contribution in [1.82, 2.24) is 0 Å². The zero-order valence-electron chi connectivity index (χ0n) is 9.80. The lowest BCUT2D eigenvalue weighted by molar-refractivity contribution is 0.104. The maximum absolute atomic E-state index is 12.3. The van der Waals surface area contributed by atoms with Crippen molar-refractivity contribution in [3.8, 4) is 0 Å². The van der Waals surface area contributed by atoms with Gasteiger partial charge in [0.15, 0.2) is 5.78 Å². The van der Waals surface area contributed by atoms with Gasteiger partial charge in [-0.05, 0) is 17.2 Å². The molecule has 3 rings (SSSR count). The zero-order chi connectivity index (χ0) is 12.4. The molecule has 1 nitrogen and oxygen atoms in total. The number of fused-ring (bicyclic) bond motifs is 1. The van der Waals surface area contributed by atoms with Crippen molar-refractivity contribution in [2.75, 3.05) is 0 Å². The Morgan fingerprint density at radius 2 is 1.67 bits per heavy atom. The van der Waals surface area contributed by atoms with Gasteiger partial charge in [0.2, 0.25) is 0 Å². The molecule has 1 aliphatic heterocycles. The molecule has 0 N–H and O–H groups in total. The van der Waals surface area contributed by atoms with Crippen molar-refractivity contribution in [3.63, 3.8) is 0 Å². The van der Waals surface area contributed by atoms with Crippen molar-refractivity contribution in [2.45, 2.75) is 5.75 Å². The molecule has 0 fully saturated rings. The molecule has 0 spiro atoms. The number of Topliss-reactive ketones (excluding diaryl/α,β-unsaturated/α-hetero) is 1. The van der Waals surface area contributed by atoms with Crippen LogP contribution >= 0.6 is 11.8 Å². The molecule has 2 aromatic rings. The van der Waals surface area contributed by atoms with E-state index in [1.807, 2.05) is 60.7 Å². The molecule has 0 radical (unpaired) electrons. The molecule has 0 unspecified atom stereocenters. The highest BCUT2D eigenvalue weighted by Gasteiger charge is 2.21. The van der Waals surface area contributed by atoms with Crippen LogP contribution in [-0.2, 0) is 5.75 Å². The van der Waals surface area contributed by atoms with Gasteiger partial charge in [-0.3, -0.25) is 4.79 Å². The maximum Gasteiger partial charge on any atom is 0.199 e. The van der Waals surface area contributed by atoms with E-state index in [4.69, 9.17) is 0 Å². The summed E-state index contributed by atoms with van der Waals surface area (Å²) >= 11 is 1.62. The van der Waals surface area contributed by atoms with Gasteiger partial charge in [-0.1, -0.05) is 54.6 Å². The first-order chi connectivity index (χ1) is 8.84. The van der Waals surface area contributed by atoms with Gasteiger partial charge < -0.3 is 0 Å². The molecule has 18 heavy (non-hydrogen) atoms. The maximum atomic E-state index is 12.3. The van der Waals surface area contributed by atoms with Crippen molar-refractivity contribution in [3.05, 3.63) is 76.2 Å². The minimum absolute atomic E-state index is 0.144. The molecule has 1 heterocycles. The van der Waals surface area contributed by atoms with Crippen LogP contribution in [0.3, 0.4) is 0 Å². The minimum Gasteiger partial charge on any atom is -0.288 e. The molecule has 0 bridgehead atoms. The van der Waals surface area contributed by atoms with Gasteiger partial charge in [0.25, 0.3) is 0 Å². The molecule has 2 aromatic carbocycles. The van der Waals surface area contributed by atoms with Crippen LogP contribution in [-0.4, -0.2) is 5.78 Å². The van der Waals surface area contributed by atoms with Crippen molar-refractivity contribution in [1.29, 1.82) is 0 Å². The molecular formula is C16H12OS. The molecule has 0 aliphatic carbocycles. The summed E-state index contributed by atoms with van der Waals surface area (Å²) < 4.78 is 0. The van der Waals surface area contributed by atoms with Crippen LogP contribution in [0.1, 0.15) is 21.5 Å². The van der Waals surface area contributed by atoms with Crippen LogP contribution in [0.5, 0.6) is 0 Å². The van der Waals surface area contributed by atoms with Gasteiger partial charge >= 0.3 is 0 Å². The van der Waals surface area contributed by atoms with E-state index in [0.717, 1.165) is 27.3 Å². The third-order valence-electron chi connectivity index (χ3n) is 2.97. The monoisotopic (exact) mass is 252 g/mol. The first-order valence-electron chi connectivity index (χ1n) is 5.87. The summed E-state index contributed by atoms with van der Waals surface area (Å²) in [6, 6.07) is 17.8. The van der Waals surface area contributed by atoms with E-state index in [-0.39, 0.29) is 5.78 Å². The van der Waals surface area contributed by atoms with E-state index < -0.39 is 0 Å². The highest BCUT2D eigenvalue weighted by atomic mass is 32.2. The number of benzene rings is 2. The SMILES string of the molecule is O=C1/C(=C/c2ccccc2)SCc2ccccc21. The Bertz CT molecular complexity index is 614. The molecule has 0 aromatic heterocycles. The van der Waals surface area contributed by atoms with E-state index in [0.29, 0.717) is 0 Å². The predicted molar refractivity (Wildman–Crippen MR) is 76.5 cm³/mol. The van der Waals surface area contributed by atoms with Crippen LogP contribution in [0.4, 0.5) is 0 Å². The van der Waals surface area contributed by atoms with E-state index in [9.17, 15) is 4.79 Å². The number of thioether (sulfide) groups is 1. The number of rotatable bonds is 1. The molecule has 0 saturated heterocycles. The second-order valence-electron chi connectivity index (χ2n) is 4.19. The highest BCUT2D eigenvalue weighted by Crippen LogP contribution is 2.34. The average Bonchev–Trinajstić information content (AvgIpc) is 2.43. The quantitative estimate of drug-likeness (QED) is 0.709. The van der Waals surface area contributed by atoms with E-state index in [1.54, 1.807) is 11.8 Å². The smallest absolute Gasteiger partial charge is 0.199 e. The van der Waals surface area contributed by atoms with E-state index in [1.165, 1.54) is 0 Å². The highest BCUT2D eigenvalue weighted by molar-refractivity contribution is 8.03. The molecule has 88 valence electrons. The summed E-state index contributed by atoms with van der Waals surface area (Å²) in [5, 5.41) is 0. The topological polar surface area (TPSA) is 17.1 Å². The molecule has 0 atom stereocenters. The predicted octanol–water partition coefficient (Wildman–Crippen LogP) is 4.16. The van der Waals surface area contributed by atoms with Crippen LogP contribution in [0.15, 0.2) is 59.5 Å².